The molecule has 0 aliphatic carbocycles. The molecule has 0 bridgehead atoms. The lowest BCUT2D eigenvalue weighted by Crippen LogP contribution is -2.25. The second-order valence-electron chi connectivity index (χ2n) is 3.66. The minimum Gasteiger partial charge on any atom is -0.490 e. The van der Waals surface area contributed by atoms with E-state index in [0.29, 0.717) is 5.92 Å². The predicted molar refractivity (Wildman–Crippen MR) is 59.8 cm³/mol. The van der Waals surface area contributed by atoms with Crippen molar-refractivity contribution in [3.63, 3.8) is 0 Å². The average Bonchev–Trinajstić information content (AvgIpc) is 2.17. The van der Waals surface area contributed by atoms with E-state index < -0.39 is 0 Å². The molecule has 1 N–H and O–H groups in total. The van der Waals surface area contributed by atoms with Crippen LogP contribution in [0.15, 0.2) is 35.8 Å². The molecular formula is C12H19NO. The fraction of sp³-hybridized carbons (Fsp3) is 0.500. The molecule has 1 rings (SSSR count). The molecule has 1 aliphatic rings. The minimum absolute atomic E-state index is 0.568. The summed E-state index contributed by atoms with van der Waals surface area (Å²) in [6, 6.07) is 0. The van der Waals surface area contributed by atoms with Gasteiger partial charge in [-0.05, 0) is 25.0 Å². The Morgan fingerprint density at radius 1 is 1.36 bits per heavy atom. The molecule has 0 fully saturated rings. The first kappa shape index (κ1) is 10.9. The molecule has 0 aromatic carbocycles. The highest BCUT2D eigenvalue weighted by Crippen LogP contribution is 2.12. The van der Waals surface area contributed by atoms with E-state index in [2.05, 4.69) is 31.3 Å². The van der Waals surface area contributed by atoms with Crippen molar-refractivity contribution < 1.29 is 4.74 Å². The molecule has 0 amide bonds. The molecule has 2 nitrogen and oxygen atoms in total. The minimum atomic E-state index is 0.568. The third-order valence-corrected chi connectivity index (χ3v) is 1.91. The maximum absolute atomic E-state index is 5.54. The summed E-state index contributed by atoms with van der Waals surface area (Å²) in [5.41, 5.74) is 1.09. The number of allylic oxidation sites excluding steroid dienone is 4. The van der Waals surface area contributed by atoms with Crippen molar-refractivity contribution in [3.05, 3.63) is 35.8 Å². The van der Waals surface area contributed by atoms with Crippen LogP contribution in [0.3, 0.4) is 0 Å². The van der Waals surface area contributed by atoms with E-state index in [4.69, 9.17) is 4.74 Å². The van der Waals surface area contributed by atoms with E-state index in [-0.39, 0.29) is 0 Å². The molecule has 0 saturated heterocycles. The maximum Gasteiger partial charge on any atom is 0.142 e. The number of ether oxygens (including phenoxy) is 1. The zero-order valence-electron chi connectivity index (χ0n) is 9.21. The molecule has 1 aliphatic heterocycles. The van der Waals surface area contributed by atoms with Gasteiger partial charge in [-0.25, -0.2) is 0 Å². The first-order valence-corrected chi connectivity index (χ1v) is 5.16. The lowest BCUT2D eigenvalue weighted by Gasteiger charge is -2.19. The standard InChI is InChI=1S/C12H19NO/c1-4-5-12-11(7-6-10(2)3)13-8-9-14-12/h4-7,10,13H,8-9H2,1-3H3/b5-4-,7-6-. The molecule has 0 atom stereocenters. The second kappa shape index (κ2) is 5.53. The smallest absolute Gasteiger partial charge is 0.142 e. The summed E-state index contributed by atoms with van der Waals surface area (Å²) in [5.74, 6) is 1.51. The zero-order chi connectivity index (χ0) is 10.4. The van der Waals surface area contributed by atoms with Crippen LogP contribution in [0, 0.1) is 5.92 Å². The Hall–Kier alpha value is -1.18. The van der Waals surface area contributed by atoms with E-state index in [1.807, 2.05) is 19.1 Å². The van der Waals surface area contributed by atoms with Crippen molar-refractivity contribution in [3.8, 4) is 0 Å². The highest BCUT2D eigenvalue weighted by atomic mass is 16.5. The molecule has 0 unspecified atom stereocenters. The summed E-state index contributed by atoms with van der Waals surface area (Å²) < 4.78 is 5.54. The van der Waals surface area contributed by atoms with Crippen LogP contribution in [0.2, 0.25) is 0 Å². The first-order chi connectivity index (χ1) is 6.74. The SMILES string of the molecule is C/C=C\C1=C(/C=C\C(C)C)NCCO1. The number of rotatable bonds is 3. The van der Waals surface area contributed by atoms with Gasteiger partial charge in [0.2, 0.25) is 0 Å². The number of hydrogen-bond acceptors (Lipinski definition) is 2. The highest BCUT2D eigenvalue weighted by molar-refractivity contribution is 5.29. The summed E-state index contributed by atoms with van der Waals surface area (Å²) in [6.07, 6.45) is 8.25. The zero-order valence-corrected chi connectivity index (χ0v) is 9.21. The van der Waals surface area contributed by atoms with Crippen LogP contribution < -0.4 is 5.32 Å². The number of hydrogen-bond donors (Lipinski definition) is 1. The average molecular weight is 193 g/mol. The summed E-state index contributed by atoms with van der Waals surface area (Å²) in [5, 5.41) is 3.33. The second-order valence-corrected chi connectivity index (χ2v) is 3.66. The van der Waals surface area contributed by atoms with Crippen LogP contribution in [-0.2, 0) is 4.74 Å². The molecule has 0 spiro atoms. The van der Waals surface area contributed by atoms with Crippen LogP contribution in [0.4, 0.5) is 0 Å². The summed E-state index contributed by atoms with van der Waals surface area (Å²) in [6.45, 7) is 7.96. The van der Waals surface area contributed by atoms with E-state index >= 15 is 0 Å². The van der Waals surface area contributed by atoms with Gasteiger partial charge in [0.25, 0.3) is 0 Å². The third kappa shape index (κ3) is 3.29. The Morgan fingerprint density at radius 2 is 2.14 bits per heavy atom. The highest BCUT2D eigenvalue weighted by Gasteiger charge is 2.07. The van der Waals surface area contributed by atoms with Gasteiger partial charge in [-0.1, -0.05) is 26.0 Å². The summed E-state index contributed by atoms with van der Waals surface area (Å²) >= 11 is 0. The quantitative estimate of drug-likeness (QED) is 0.744. The Balaban J connectivity index is 2.78. The van der Waals surface area contributed by atoms with Crippen LogP contribution >= 0.6 is 0 Å². The molecule has 2 heteroatoms. The lowest BCUT2D eigenvalue weighted by molar-refractivity contribution is 0.206. The van der Waals surface area contributed by atoms with Gasteiger partial charge in [-0.2, -0.15) is 0 Å². The van der Waals surface area contributed by atoms with Crippen LogP contribution in [0.25, 0.3) is 0 Å². The van der Waals surface area contributed by atoms with Gasteiger partial charge in [-0.3, -0.25) is 0 Å². The normalized spacial score (nSPS) is 18.0. The fourth-order valence-electron chi connectivity index (χ4n) is 1.23. The van der Waals surface area contributed by atoms with E-state index in [9.17, 15) is 0 Å². The fourth-order valence-corrected chi connectivity index (χ4v) is 1.23. The van der Waals surface area contributed by atoms with Crippen molar-refractivity contribution in [2.24, 2.45) is 5.92 Å². The van der Waals surface area contributed by atoms with Gasteiger partial charge >= 0.3 is 0 Å². The Labute approximate surface area is 86.3 Å². The van der Waals surface area contributed by atoms with Crippen molar-refractivity contribution in [1.82, 2.24) is 5.32 Å². The van der Waals surface area contributed by atoms with Gasteiger partial charge < -0.3 is 10.1 Å². The largest absolute Gasteiger partial charge is 0.490 e. The van der Waals surface area contributed by atoms with Crippen LogP contribution in [0.5, 0.6) is 0 Å². The van der Waals surface area contributed by atoms with Crippen LogP contribution in [0.1, 0.15) is 20.8 Å². The van der Waals surface area contributed by atoms with Crippen molar-refractivity contribution in [2.75, 3.05) is 13.2 Å². The van der Waals surface area contributed by atoms with Gasteiger partial charge in [-0.15, -0.1) is 0 Å². The number of nitrogens with one attached hydrogen (secondary N) is 1. The van der Waals surface area contributed by atoms with Gasteiger partial charge in [0, 0.05) is 6.54 Å². The van der Waals surface area contributed by atoms with E-state index in [1.54, 1.807) is 0 Å². The Kier molecular flexibility index (Phi) is 4.30. The molecule has 0 aromatic rings. The molecular weight excluding hydrogens is 174 g/mol. The predicted octanol–water partition coefficient (Wildman–Crippen LogP) is 2.61. The van der Waals surface area contributed by atoms with Gasteiger partial charge in [0.1, 0.15) is 12.4 Å². The summed E-state index contributed by atoms with van der Waals surface area (Å²) in [4.78, 5) is 0. The third-order valence-electron chi connectivity index (χ3n) is 1.91. The van der Waals surface area contributed by atoms with E-state index in [0.717, 1.165) is 24.6 Å². The van der Waals surface area contributed by atoms with Crippen molar-refractivity contribution >= 4 is 0 Å². The molecule has 14 heavy (non-hydrogen) atoms. The summed E-state index contributed by atoms with van der Waals surface area (Å²) in [7, 11) is 0. The van der Waals surface area contributed by atoms with Gasteiger partial charge in [0.05, 0.1) is 5.70 Å². The topological polar surface area (TPSA) is 21.3 Å². The maximum atomic E-state index is 5.54. The molecule has 78 valence electrons. The van der Waals surface area contributed by atoms with Gasteiger partial charge in [0.15, 0.2) is 0 Å². The van der Waals surface area contributed by atoms with Crippen molar-refractivity contribution in [1.29, 1.82) is 0 Å². The molecule has 0 saturated carbocycles. The first-order valence-electron chi connectivity index (χ1n) is 5.16. The monoisotopic (exact) mass is 193 g/mol. The van der Waals surface area contributed by atoms with Crippen LogP contribution in [-0.4, -0.2) is 13.2 Å². The van der Waals surface area contributed by atoms with E-state index in [1.165, 1.54) is 0 Å². The van der Waals surface area contributed by atoms with Crippen molar-refractivity contribution in [2.45, 2.75) is 20.8 Å². The molecule has 1 heterocycles. The Morgan fingerprint density at radius 3 is 2.79 bits per heavy atom. The molecule has 0 radical (unpaired) electrons. The molecule has 0 aromatic heterocycles. The lowest BCUT2D eigenvalue weighted by atomic mass is 10.2. The Bertz CT molecular complexity index is 261.